The fourth-order valence-corrected chi connectivity index (χ4v) is 3.31. The molecule has 0 spiro atoms. The topological polar surface area (TPSA) is 26.0 Å². The summed E-state index contributed by atoms with van der Waals surface area (Å²) in [7, 11) is 0. The first kappa shape index (κ1) is 13.6. The van der Waals surface area contributed by atoms with Crippen LogP contribution < -0.4 is 5.73 Å². The summed E-state index contributed by atoms with van der Waals surface area (Å²) in [6, 6.07) is 9.16. The highest BCUT2D eigenvalue weighted by molar-refractivity contribution is 5.26. The van der Waals surface area contributed by atoms with Crippen molar-refractivity contribution < 1.29 is 0 Å². The van der Waals surface area contributed by atoms with Crippen LogP contribution in [-0.2, 0) is 6.42 Å². The molecule has 1 aliphatic rings. The number of rotatable bonds is 4. The Hall–Kier alpha value is -0.820. The van der Waals surface area contributed by atoms with Gasteiger partial charge in [-0.15, -0.1) is 0 Å². The molecule has 100 valence electrons. The highest BCUT2D eigenvalue weighted by Gasteiger charge is 2.22. The molecule has 1 aliphatic carbocycles. The molecule has 0 heterocycles. The molecule has 1 nitrogen and oxygen atoms in total. The molecule has 2 rings (SSSR count). The molecule has 1 unspecified atom stereocenters. The second-order valence-electron chi connectivity index (χ2n) is 5.69. The average Bonchev–Trinajstić information content (AvgIpc) is 2.70. The SMILES string of the molecule is CCc1ccc(C(CN)C2CCCCCC2)cc1. The zero-order chi connectivity index (χ0) is 12.8. The van der Waals surface area contributed by atoms with Crippen molar-refractivity contribution in [2.45, 2.75) is 57.8 Å². The Balaban J connectivity index is 2.10. The Morgan fingerprint density at radius 2 is 1.67 bits per heavy atom. The molecule has 0 radical (unpaired) electrons. The van der Waals surface area contributed by atoms with Crippen molar-refractivity contribution in [2.75, 3.05) is 6.54 Å². The maximum atomic E-state index is 6.06. The zero-order valence-electron chi connectivity index (χ0n) is 11.7. The van der Waals surface area contributed by atoms with E-state index in [4.69, 9.17) is 5.73 Å². The molecule has 2 N–H and O–H groups in total. The second kappa shape index (κ2) is 6.94. The van der Waals surface area contributed by atoms with Gasteiger partial charge in [0.1, 0.15) is 0 Å². The van der Waals surface area contributed by atoms with E-state index < -0.39 is 0 Å². The fraction of sp³-hybridized carbons (Fsp3) is 0.647. The molecule has 0 aliphatic heterocycles. The lowest BCUT2D eigenvalue weighted by Gasteiger charge is -2.25. The number of hydrogen-bond acceptors (Lipinski definition) is 1. The zero-order valence-corrected chi connectivity index (χ0v) is 11.7. The highest BCUT2D eigenvalue weighted by Crippen LogP contribution is 2.34. The van der Waals surface area contributed by atoms with E-state index in [-0.39, 0.29) is 0 Å². The van der Waals surface area contributed by atoms with Gasteiger partial charge in [0, 0.05) is 0 Å². The van der Waals surface area contributed by atoms with Crippen LogP contribution in [0.25, 0.3) is 0 Å². The number of hydrogen-bond donors (Lipinski definition) is 1. The lowest BCUT2D eigenvalue weighted by atomic mass is 9.81. The highest BCUT2D eigenvalue weighted by atomic mass is 14.6. The van der Waals surface area contributed by atoms with Gasteiger partial charge in [0.15, 0.2) is 0 Å². The number of benzene rings is 1. The van der Waals surface area contributed by atoms with Crippen molar-refractivity contribution in [1.29, 1.82) is 0 Å². The van der Waals surface area contributed by atoms with Crippen molar-refractivity contribution in [2.24, 2.45) is 11.7 Å². The summed E-state index contributed by atoms with van der Waals surface area (Å²) in [6.07, 6.45) is 9.50. The monoisotopic (exact) mass is 245 g/mol. The minimum absolute atomic E-state index is 0.578. The molecular formula is C17H27N. The Morgan fingerprint density at radius 1 is 1.06 bits per heavy atom. The van der Waals surface area contributed by atoms with E-state index in [0.717, 1.165) is 18.9 Å². The summed E-state index contributed by atoms with van der Waals surface area (Å²) in [6.45, 7) is 3.01. The first-order valence-corrected chi connectivity index (χ1v) is 7.64. The first-order chi connectivity index (χ1) is 8.85. The summed E-state index contributed by atoms with van der Waals surface area (Å²) in [5.74, 6) is 1.39. The molecule has 1 aromatic carbocycles. The van der Waals surface area contributed by atoms with E-state index in [0.29, 0.717) is 5.92 Å². The van der Waals surface area contributed by atoms with Crippen LogP contribution in [0.15, 0.2) is 24.3 Å². The molecule has 1 atom stereocenters. The van der Waals surface area contributed by atoms with Crippen LogP contribution >= 0.6 is 0 Å². The van der Waals surface area contributed by atoms with Gasteiger partial charge in [-0.3, -0.25) is 0 Å². The lowest BCUT2D eigenvalue weighted by molar-refractivity contribution is 0.380. The number of aryl methyl sites for hydroxylation is 1. The third-order valence-electron chi connectivity index (χ3n) is 4.54. The Bertz CT molecular complexity index is 333. The third-order valence-corrected chi connectivity index (χ3v) is 4.54. The Morgan fingerprint density at radius 3 is 2.17 bits per heavy atom. The quantitative estimate of drug-likeness (QED) is 0.788. The molecule has 1 heteroatoms. The van der Waals surface area contributed by atoms with Gasteiger partial charge < -0.3 is 5.73 Å². The van der Waals surface area contributed by atoms with Crippen LogP contribution in [0, 0.1) is 5.92 Å². The van der Waals surface area contributed by atoms with Crippen LogP contribution in [0.5, 0.6) is 0 Å². The van der Waals surface area contributed by atoms with Crippen molar-refractivity contribution in [3.63, 3.8) is 0 Å². The van der Waals surface area contributed by atoms with Crippen LogP contribution in [0.3, 0.4) is 0 Å². The van der Waals surface area contributed by atoms with Gasteiger partial charge in [-0.1, -0.05) is 56.9 Å². The summed E-state index contributed by atoms with van der Waals surface area (Å²) < 4.78 is 0. The number of nitrogens with two attached hydrogens (primary N) is 1. The Kier molecular flexibility index (Phi) is 5.25. The Labute approximate surface area is 112 Å². The minimum atomic E-state index is 0.578. The van der Waals surface area contributed by atoms with E-state index in [1.54, 1.807) is 0 Å². The standard InChI is InChI=1S/C17H27N/c1-2-14-9-11-16(12-10-14)17(13-18)15-7-5-3-4-6-8-15/h9-12,15,17H,2-8,13,18H2,1H3. The summed E-state index contributed by atoms with van der Waals surface area (Å²) >= 11 is 0. The van der Waals surface area contributed by atoms with E-state index in [1.165, 1.54) is 49.7 Å². The van der Waals surface area contributed by atoms with E-state index in [9.17, 15) is 0 Å². The minimum Gasteiger partial charge on any atom is -0.330 e. The predicted octanol–water partition coefficient (Wildman–Crippen LogP) is 4.26. The average molecular weight is 245 g/mol. The van der Waals surface area contributed by atoms with Crippen LogP contribution in [0.1, 0.15) is 62.5 Å². The molecule has 1 aromatic rings. The van der Waals surface area contributed by atoms with Gasteiger partial charge in [0.05, 0.1) is 0 Å². The molecule has 1 saturated carbocycles. The van der Waals surface area contributed by atoms with Crippen LogP contribution in [0.2, 0.25) is 0 Å². The summed E-state index contributed by atoms with van der Waals surface area (Å²) in [5, 5.41) is 0. The van der Waals surface area contributed by atoms with Crippen molar-refractivity contribution in [1.82, 2.24) is 0 Å². The largest absolute Gasteiger partial charge is 0.330 e. The van der Waals surface area contributed by atoms with Gasteiger partial charge in [0.2, 0.25) is 0 Å². The van der Waals surface area contributed by atoms with Gasteiger partial charge in [0.25, 0.3) is 0 Å². The normalized spacial score (nSPS) is 19.4. The molecule has 0 amide bonds. The van der Waals surface area contributed by atoms with Crippen molar-refractivity contribution in [3.05, 3.63) is 35.4 Å². The first-order valence-electron chi connectivity index (χ1n) is 7.64. The predicted molar refractivity (Wildman–Crippen MR) is 78.8 cm³/mol. The third kappa shape index (κ3) is 3.35. The van der Waals surface area contributed by atoms with Gasteiger partial charge in [-0.25, -0.2) is 0 Å². The maximum Gasteiger partial charge on any atom is -0.000556 e. The van der Waals surface area contributed by atoms with Crippen molar-refractivity contribution >= 4 is 0 Å². The smallest absolute Gasteiger partial charge is 0.000556 e. The van der Waals surface area contributed by atoms with Gasteiger partial charge >= 0.3 is 0 Å². The van der Waals surface area contributed by atoms with Crippen molar-refractivity contribution in [3.8, 4) is 0 Å². The molecule has 0 aromatic heterocycles. The summed E-state index contributed by atoms with van der Waals surface area (Å²) in [4.78, 5) is 0. The second-order valence-corrected chi connectivity index (χ2v) is 5.69. The maximum absolute atomic E-state index is 6.06. The molecule has 1 fully saturated rings. The molecule has 18 heavy (non-hydrogen) atoms. The fourth-order valence-electron chi connectivity index (χ4n) is 3.31. The lowest BCUT2D eigenvalue weighted by Crippen LogP contribution is -2.21. The van der Waals surface area contributed by atoms with Crippen LogP contribution in [0.4, 0.5) is 0 Å². The van der Waals surface area contributed by atoms with Gasteiger partial charge in [-0.05, 0) is 48.8 Å². The van der Waals surface area contributed by atoms with E-state index in [1.807, 2.05) is 0 Å². The molecule has 0 saturated heterocycles. The van der Waals surface area contributed by atoms with E-state index >= 15 is 0 Å². The van der Waals surface area contributed by atoms with Crippen LogP contribution in [-0.4, -0.2) is 6.54 Å². The molecular weight excluding hydrogens is 218 g/mol. The van der Waals surface area contributed by atoms with E-state index in [2.05, 4.69) is 31.2 Å². The summed E-state index contributed by atoms with van der Waals surface area (Å²) in [5.41, 5.74) is 8.94. The molecule has 0 bridgehead atoms. The van der Waals surface area contributed by atoms with Gasteiger partial charge in [-0.2, -0.15) is 0 Å².